The molecule has 2 unspecified atom stereocenters. The van der Waals surface area contributed by atoms with Gasteiger partial charge in [-0.2, -0.15) is 0 Å². The summed E-state index contributed by atoms with van der Waals surface area (Å²) >= 11 is 0. The van der Waals surface area contributed by atoms with Crippen molar-refractivity contribution in [1.29, 1.82) is 0 Å². The average Bonchev–Trinajstić information content (AvgIpc) is 1.92. The molecule has 0 bridgehead atoms. The summed E-state index contributed by atoms with van der Waals surface area (Å²) in [5.74, 6) is 1.28. The maximum absolute atomic E-state index is 10.2. The normalized spacial score (nSPS) is 18.5. The summed E-state index contributed by atoms with van der Waals surface area (Å²) in [6.07, 6.45) is 4.45. The summed E-state index contributed by atoms with van der Waals surface area (Å²) in [7, 11) is -0.765. The Morgan fingerprint density at radius 1 is 0.778 bits per heavy atom. The molecule has 0 radical (unpaired) electrons. The van der Waals surface area contributed by atoms with Crippen LogP contribution in [0, 0.1) is 22.7 Å². The van der Waals surface area contributed by atoms with Gasteiger partial charge >= 0.3 is 0 Å². The highest BCUT2D eigenvalue weighted by Crippen LogP contribution is 2.40. The van der Waals surface area contributed by atoms with Gasteiger partial charge in [0.2, 0.25) is 0 Å². The van der Waals surface area contributed by atoms with Crippen LogP contribution in [0.2, 0.25) is 0 Å². The predicted octanol–water partition coefficient (Wildman–Crippen LogP) is 5.52. The van der Waals surface area contributed by atoms with Crippen molar-refractivity contribution in [1.82, 2.24) is 0 Å². The molecule has 0 spiro atoms. The Balaban J connectivity index is 4.00. The lowest BCUT2D eigenvalue weighted by molar-refractivity contribution is 0.315. The predicted molar refractivity (Wildman–Crippen MR) is 85.3 cm³/mol. The molecule has 0 saturated heterocycles. The minimum Gasteiger partial charge on any atom is -0.374 e. The molecule has 0 aliphatic heterocycles. The van der Waals surface area contributed by atoms with Crippen LogP contribution in [0.4, 0.5) is 0 Å². The summed E-state index contributed by atoms with van der Waals surface area (Å²) in [6, 6.07) is 0. The Bertz CT molecular complexity index is 200. The molecule has 0 fully saturated rings. The van der Waals surface area contributed by atoms with Gasteiger partial charge < -0.3 is 4.89 Å². The highest BCUT2D eigenvalue weighted by molar-refractivity contribution is 7.51. The van der Waals surface area contributed by atoms with Crippen LogP contribution in [-0.2, 0) is 0 Å². The minimum atomic E-state index is -0.765. The zero-order valence-electron chi connectivity index (χ0n) is 13.9. The fourth-order valence-corrected chi connectivity index (χ4v) is 4.86. The zero-order chi connectivity index (χ0) is 14.6. The van der Waals surface area contributed by atoms with Crippen LogP contribution in [0.25, 0.3) is 0 Å². The SMILES string of the molecule is CC(CP(O)CC(C)CC(C)(C)C)CC(C)(C)C. The maximum Gasteiger partial charge on any atom is 0.0256 e. The molecule has 0 rings (SSSR count). The van der Waals surface area contributed by atoms with Crippen molar-refractivity contribution in [3.05, 3.63) is 0 Å². The summed E-state index contributed by atoms with van der Waals surface area (Å²) < 4.78 is 0. The largest absolute Gasteiger partial charge is 0.374 e. The standard InChI is InChI=1S/C16H35OP/c1-13(9-15(3,4)5)11-18(17)12-14(2)10-16(6,7)8/h13-14,17H,9-12H2,1-8H3. The molecule has 0 aliphatic carbocycles. The van der Waals surface area contributed by atoms with E-state index in [1.54, 1.807) is 0 Å². The number of hydrogen-bond donors (Lipinski definition) is 1. The number of rotatable bonds is 6. The Kier molecular flexibility index (Phi) is 7.40. The lowest BCUT2D eigenvalue weighted by Crippen LogP contribution is -2.16. The molecule has 2 atom stereocenters. The van der Waals surface area contributed by atoms with Gasteiger partial charge in [0, 0.05) is 8.15 Å². The van der Waals surface area contributed by atoms with Crippen molar-refractivity contribution in [2.24, 2.45) is 22.7 Å². The molecular formula is C16H35OP. The van der Waals surface area contributed by atoms with Crippen molar-refractivity contribution in [3.8, 4) is 0 Å². The van der Waals surface area contributed by atoms with Gasteiger partial charge in [0.05, 0.1) is 0 Å². The van der Waals surface area contributed by atoms with Gasteiger partial charge in [-0.3, -0.25) is 0 Å². The second-order valence-corrected chi connectivity index (χ2v) is 10.4. The van der Waals surface area contributed by atoms with E-state index in [9.17, 15) is 4.89 Å². The molecule has 18 heavy (non-hydrogen) atoms. The molecule has 1 nitrogen and oxygen atoms in total. The van der Waals surface area contributed by atoms with Gasteiger partial charge in [0.15, 0.2) is 0 Å². The molecule has 0 aromatic rings. The summed E-state index contributed by atoms with van der Waals surface area (Å²) in [6.45, 7) is 18.3. The van der Waals surface area contributed by atoms with E-state index in [-0.39, 0.29) is 0 Å². The van der Waals surface area contributed by atoms with Gasteiger partial charge in [-0.05, 0) is 47.8 Å². The van der Waals surface area contributed by atoms with Crippen molar-refractivity contribution in [2.75, 3.05) is 12.3 Å². The van der Waals surface area contributed by atoms with Gasteiger partial charge in [-0.25, -0.2) is 0 Å². The van der Waals surface area contributed by atoms with Gasteiger partial charge in [0.25, 0.3) is 0 Å². The van der Waals surface area contributed by atoms with Gasteiger partial charge in [0.1, 0.15) is 0 Å². The second kappa shape index (κ2) is 7.25. The van der Waals surface area contributed by atoms with Crippen LogP contribution >= 0.6 is 8.15 Å². The summed E-state index contributed by atoms with van der Waals surface area (Å²) in [5, 5.41) is 0. The monoisotopic (exact) mass is 274 g/mol. The molecule has 0 aromatic carbocycles. The molecule has 0 aliphatic rings. The first-order chi connectivity index (χ1) is 7.89. The lowest BCUT2D eigenvalue weighted by Gasteiger charge is -2.27. The summed E-state index contributed by atoms with van der Waals surface area (Å²) in [5.41, 5.74) is 0.763. The van der Waals surface area contributed by atoms with Crippen molar-refractivity contribution in [3.63, 3.8) is 0 Å². The molecule has 2 heteroatoms. The first kappa shape index (κ1) is 18.4. The molecular weight excluding hydrogens is 239 g/mol. The first-order valence-electron chi connectivity index (χ1n) is 7.33. The Morgan fingerprint density at radius 3 is 1.28 bits per heavy atom. The topological polar surface area (TPSA) is 20.2 Å². The van der Waals surface area contributed by atoms with E-state index in [0.29, 0.717) is 22.7 Å². The van der Waals surface area contributed by atoms with Crippen molar-refractivity contribution in [2.45, 2.75) is 68.2 Å². The highest BCUT2D eigenvalue weighted by Gasteiger charge is 2.21. The Morgan fingerprint density at radius 2 is 1.06 bits per heavy atom. The van der Waals surface area contributed by atoms with E-state index in [1.165, 1.54) is 12.8 Å². The Labute approximate surface area is 117 Å². The van der Waals surface area contributed by atoms with E-state index >= 15 is 0 Å². The van der Waals surface area contributed by atoms with Crippen LogP contribution in [0.3, 0.4) is 0 Å². The zero-order valence-corrected chi connectivity index (χ0v) is 14.8. The van der Waals surface area contributed by atoms with Crippen molar-refractivity contribution >= 4 is 8.15 Å². The van der Waals surface area contributed by atoms with Crippen molar-refractivity contribution < 1.29 is 4.89 Å². The molecule has 1 N–H and O–H groups in total. The molecule has 0 saturated carbocycles. The third-order valence-corrected chi connectivity index (χ3v) is 5.06. The van der Waals surface area contributed by atoms with E-state index in [2.05, 4.69) is 55.4 Å². The third-order valence-electron chi connectivity index (χ3n) is 2.97. The third kappa shape index (κ3) is 11.5. The fourth-order valence-electron chi connectivity index (χ4n) is 3.01. The first-order valence-corrected chi connectivity index (χ1v) is 8.99. The van der Waals surface area contributed by atoms with Crippen LogP contribution in [-0.4, -0.2) is 17.2 Å². The molecule has 0 amide bonds. The maximum atomic E-state index is 10.2. The summed E-state index contributed by atoms with van der Waals surface area (Å²) in [4.78, 5) is 10.2. The van der Waals surface area contributed by atoms with Gasteiger partial charge in [-0.15, -0.1) is 0 Å². The van der Waals surface area contributed by atoms with Crippen LogP contribution in [0.1, 0.15) is 68.2 Å². The Hall–Kier alpha value is 0.390. The van der Waals surface area contributed by atoms with E-state index in [0.717, 1.165) is 12.3 Å². The molecule has 110 valence electrons. The smallest absolute Gasteiger partial charge is 0.0256 e. The average molecular weight is 274 g/mol. The minimum absolute atomic E-state index is 0.382. The highest BCUT2D eigenvalue weighted by atomic mass is 31.1. The molecule has 0 aromatic heterocycles. The van der Waals surface area contributed by atoms with Crippen LogP contribution in [0.5, 0.6) is 0 Å². The van der Waals surface area contributed by atoms with Crippen LogP contribution in [0.15, 0.2) is 0 Å². The van der Waals surface area contributed by atoms with Gasteiger partial charge in [-0.1, -0.05) is 55.4 Å². The molecule has 0 heterocycles. The second-order valence-electron chi connectivity index (χ2n) is 8.61. The number of hydrogen-bond acceptors (Lipinski definition) is 1. The van der Waals surface area contributed by atoms with Crippen LogP contribution < -0.4 is 0 Å². The van der Waals surface area contributed by atoms with E-state index < -0.39 is 8.15 Å². The van der Waals surface area contributed by atoms with E-state index in [1.807, 2.05) is 0 Å². The fraction of sp³-hybridized carbons (Fsp3) is 1.00. The van der Waals surface area contributed by atoms with E-state index in [4.69, 9.17) is 0 Å². The quantitative estimate of drug-likeness (QED) is 0.632. The lowest BCUT2D eigenvalue weighted by atomic mass is 9.86.